The topological polar surface area (TPSA) is 52.5 Å². The number of nitrogens with one attached hydrogen (secondary N) is 1. The van der Waals surface area contributed by atoms with Gasteiger partial charge in [-0.15, -0.1) is 0 Å². The molecule has 3 heteroatoms. The highest BCUT2D eigenvalue weighted by Crippen LogP contribution is 2.36. The number of fused-ring (bicyclic) bond motifs is 2. The van der Waals surface area contributed by atoms with Crippen molar-refractivity contribution in [1.82, 2.24) is 5.32 Å². The summed E-state index contributed by atoms with van der Waals surface area (Å²) >= 11 is 0. The number of aromatic hydroxyl groups is 2. The fraction of sp³-hybridized carbons (Fsp3) is 0.400. The molecule has 120 valence electrons. The van der Waals surface area contributed by atoms with E-state index in [4.69, 9.17) is 0 Å². The molecular weight excluding hydrogens is 286 g/mol. The molecule has 1 heterocycles. The molecule has 0 unspecified atom stereocenters. The van der Waals surface area contributed by atoms with E-state index < -0.39 is 0 Å². The molecule has 4 rings (SSSR count). The van der Waals surface area contributed by atoms with Gasteiger partial charge in [-0.3, -0.25) is 0 Å². The Balaban J connectivity index is 1.80. The van der Waals surface area contributed by atoms with Crippen molar-refractivity contribution in [1.29, 1.82) is 0 Å². The molecule has 3 N–H and O–H groups in total. The summed E-state index contributed by atoms with van der Waals surface area (Å²) in [4.78, 5) is 0. The molecule has 0 amide bonds. The first kappa shape index (κ1) is 14.6. The minimum Gasteiger partial charge on any atom is -0.508 e. The van der Waals surface area contributed by atoms with Crippen LogP contribution in [0.4, 0.5) is 0 Å². The number of hydrogen-bond donors (Lipinski definition) is 3. The van der Waals surface area contributed by atoms with Gasteiger partial charge in [0.15, 0.2) is 0 Å². The van der Waals surface area contributed by atoms with Crippen molar-refractivity contribution in [2.24, 2.45) is 0 Å². The van der Waals surface area contributed by atoms with Gasteiger partial charge in [-0.05, 0) is 73.0 Å². The van der Waals surface area contributed by atoms with Crippen LogP contribution in [0.2, 0.25) is 0 Å². The third-order valence-electron chi connectivity index (χ3n) is 5.36. The van der Waals surface area contributed by atoms with Crippen LogP contribution >= 0.6 is 0 Å². The summed E-state index contributed by atoms with van der Waals surface area (Å²) in [6.07, 6.45) is 6.17. The van der Waals surface area contributed by atoms with Crippen LogP contribution in [0, 0.1) is 0 Å². The summed E-state index contributed by atoms with van der Waals surface area (Å²) < 4.78 is 0. The molecule has 0 aromatic heterocycles. The number of phenols is 2. The van der Waals surface area contributed by atoms with Gasteiger partial charge in [0, 0.05) is 24.1 Å². The summed E-state index contributed by atoms with van der Waals surface area (Å²) in [5.41, 5.74) is 7.19. The molecule has 0 atom stereocenters. The molecular formula is C20H23NO2. The van der Waals surface area contributed by atoms with E-state index in [0.717, 1.165) is 43.5 Å². The molecule has 3 nitrogen and oxygen atoms in total. The fourth-order valence-electron chi connectivity index (χ4n) is 4.08. The second-order valence-corrected chi connectivity index (χ2v) is 6.71. The van der Waals surface area contributed by atoms with E-state index in [1.165, 1.54) is 35.1 Å². The van der Waals surface area contributed by atoms with Crippen molar-refractivity contribution in [2.75, 3.05) is 6.54 Å². The summed E-state index contributed by atoms with van der Waals surface area (Å²) in [5, 5.41) is 24.2. The van der Waals surface area contributed by atoms with Gasteiger partial charge < -0.3 is 15.5 Å². The smallest absolute Gasteiger partial charge is 0.119 e. The highest BCUT2D eigenvalue weighted by atomic mass is 16.3. The zero-order valence-corrected chi connectivity index (χ0v) is 13.4. The van der Waals surface area contributed by atoms with Gasteiger partial charge in [0.25, 0.3) is 0 Å². The Labute approximate surface area is 137 Å². The average Bonchev–Trinajstić information content (AvgIpc) is 2.59. The normalized spacial score (nSPS) is 16.7. The number of rotatable bonds is 2. The molecule has 0 spiro atoms. The first-order valence-corrected chi connectivity index (χ1v) is 8.60. The third kappa shape index (κ3) is 2.59. The molecule has 23 heavy (non-hydrogen) atoms. The molecule has 1 aliphatic heterocycles. The first-order valence-electron chi connectivity index (χ1n) is 8.60. The summed E-state index contributed by atoms with van der Waals surface area (Å²) in [6, 6.07) is 7.74. The lowest BCUT2D eigenvalue weighted by Gasteiger charge is -2.24. The van der Waals surface area contributed by atoms with E-state index in [0.29, 0.717) is 17.9 Å². The molecule has 0 saturated heterocycles. The van der Waals surface area contributed by atoms with E-state index in [1.807, 2.05) is 18.2 Å². The van der Waals surface area contributed by atoms with Crippen LogP contribution in [-0.2, 0) is 32.2 Å². The quantitative estimate of drug-likeness (QED) is 0.798. The van der Waals surface area contributed by atoms with Crippen LogP contribution in [0.1, 0.15) is 46.2 Å². The van der Waals surface area contributed by atoms with E-state index >= 15 is 0 Å². The third-order valence-corrected chi connectivity index (χ3v) is 5.36. The lowest BCUT2D eigenvalue weighted by molar-refractivity contribution is 0.458. The molecule has 2 aromatic carbocycles. The molecule has 0 bridgehead atoms. The Morgan fingerprint density at radius 2 is 1.43 bits per heavy atom. The predicted octanol–water partition coefficient (Wildman–Crippen LogP) is 3.21. The largest absolute Gasteiger partial charge is 0.508 e. The van der Waals surface area contributed by atoms with Crippen LogP contribution in [-0.4, -0.2) is 16.8 Å². The molecule has 2 aromatic rings. The van der Waals surface area contributed by atoms with Gasteiger partial charge in [0.2, 0.25) is 0 Å². The Morgan fingerprint density at radius 1 is 0.783 bits per heavy atom. The van der Waals surface area contributed by atoms with Crippen LogP contribution in [0.3, 0.4) is 0 Å². The Kier molecular flexibility index (Phi) is 3.74. The summed E-state index contributed by atoms with van der Waals surface area (Å²) in [5.74, 6) is 0.715. The van der Waals surface area contributed by atoms with Crippen LogP contribution < -0.4 is 5.32 Å². The average molecular weight is 309 g/mol. The minimum atomic E-state index is 0.347. The SMILES string of the molecule is Oc1ccc2c(c1Cc1c(O)ccc3c1CNCC3)CCCC2. The minimum absolute atomic E-state index is 0.347. The monoisotopic (exact) mass is 309 g/mol. The van der Waals surface area contributed by atoms with E-state index in [1.54, 1.807) is 0 Å². The summed E-state index contributed by atoms with van der Waals surface area (Å²) in [6.45, 7) is 1.79. The maximum atomic E-state index is 10.4. The molecule has 1 aliphatic carbocycles. The highest BCUT2D eigenvalue weighted by molar-refractivity contribution is 5.53. The number of phenolic OH excluding ortho intramolecular Hbond substituents is 2. The number of aryl methyl sites for hydroxylation is 1. The van der Waals surface area contributed by atoms with Gasteiger partial charge in [-0.25, -0.2) is 0 Å². The van der Waals surface area contributed by atoms with Crippen LogP contribution in [0.5, 0.6) is 11.5 Å². The maximum absolute atomic E-state index is 10.4. The second-order valence-electron chi connectivity index (χ2n) is 6.71. The van der Waals surface area contributed by atoms with Crippen LogP contribution in [0.15, 0.2) is 24.3 Å². The van der Waals surface area contributed by atoms with E-state index in [2.05, 4.69) is 11.4 Å². The molecule has 0 fully saturated rings. The van der Waals surface area contributed by atoms with Crippen molar-refractivity contribution < 1.29 is 10.2 Å². The van der Waals surface area contributed by atoms with Gasteiger partial charge in [0.1, 0.15) is 11.5 Å². The maximum Gasteiger partial charge on any atom is 0.119 e. The Morgan fingerprint density at radius 3 is 2.22 bits per heavy atom. The fourth-order valence-corrected chi connectivity index (χ4v) is 4.08. The van der Waals surface area contributed by atoms with Crippen LogP contribution in [0.25, 0.3) is 0 Å². The molecule has 0 saturated carbocycles. The standard InChI is InChI=1S/C20H23NO2/c22-19-7-5-13-3-1-2-4-15(13)16(19)11-17-18-12-21-10-9-14(18)6-8-20(17)23/h5-8,21-23H,1-4,9-12H2. The molecule has 0 radical (unpaired) electrons. The van der Waals surface area contributed by atoms with Gasteiger partial charge in [0.05, 0.1) is 0 Å². The number of benzene rings is 2. The number of hydrogen-bond acceptors (Lipinski definition) is 3. The van der Waals surface area contributed by atoms with Crippen molar-refractivity contribution >= 4 is 0 Å². The molecule has 2 aliphatic rings. The first-order chi connectivity index (χ1) is 11.2. The Hall–Kier alpha value is -2.00. The van der Waals surface area contributed by atoms with E-state index in [9.17, 15) is 10.2 Å². The summed E-state index contributed by atoms with van der Waals surface area (Å²) in [7, 11) is 0. The lowest BCUT2D eigenvalue weighted by atomic mass is 9.84. The highest BCUT2D eigenvalue weighted by Gasteiger charge is 2.21. The van der Waals surface area contributed by atoms with Crippen molar-refractivity contribution in [2.45, 2.75) is 45.1 Å². The Bertz CT molecular complexity index is 688. The van der Waals surface area contributed by atoms with Gasteiger partial charge >= 0.3 is 0 Å². The van der Waals surface area contributed by atoms with Crippen molar-refractivity contribution in [3.8, 4) is 11.5 Å². The lowest BCUT2D eigenvalue weighted by Crippen LogP contribution is -2.25. The van der Waals surface area contributed by atoms with Crippen molar-refractivity contribution in [3.63, 3.8) is 0 Å². The van der Waals surface area contributed by atoms with Gasteiger partial charge in [-0.2, -0.15) is 0 Å². The second kappa shape index (κ2) is 5.89. The van der Waals surface area contributed by atoms with Gasteiger partial charge in [-0.1, -0.05) is 12.1 Å². The van der Waals surface area contributed by atoms with Crippen molar-refractivity contribution in [3.05, 3.63) is 57.6 Å². The zero-order valence-electron chi connectivity index (χ0n) is 13.4. The van der Waals surface area contributed by atoms with E-state index in [-0.39, 0.29) is 0 Å². The predicted molar refractivity (Wildman–Crippen MR) is 91.1 cm³/mol. The zero-order chi connectivity index (χ0) is 15.8.